The number of nitrogens with zero attached hydrogens (tertiary/aromatic N) is 3. The van der Waals surface area contributed by atoms with Crippen LogP contribution in [0.2, 0.25) is 0 Å². The summed E-state index contributed by atoms with van der Waals surface area (Å²) < 4.78 is 0.505. The molecule has 7 nitrogen and oxygen atoms in total. The van der Waals surface area contributed by atoms with E-state index in [0.717, 1.165) is 0 Å². The molecule has 8 heteroatoms. The summed E-state index contributed by atoms with van der Waals surface area (Å²) in [4.78, 5) is 27.0. The van der Waals surface area contributed by atoms with Crippen molar-refractivity contribution in [3.63, 3.8) is 0 Å². The maximum atomic E-state index is 11.0. The molecule has 1 atom stereocenters. The van der Waals surface area contributed by atoms with Gasteiger partial charge in [-0.15, -0.1) is 0 Å². The number of carboxylic acids is 1. The van der Waals surface area contributed by atoms with Crippen molar-refractivity contribution in [2.75, 3.05) is 18.0 Å². The smallest absolute Gasteiger partial charge is 0.312 e. The summed E-state index contributed by atoms with van der Waals surface area (Å²) in [7, 11) is 0. The van der Waals surface area contributed by atoms with Gasteiger partial charge in [0.2, 0.25) is 5.82 Å². The largest absolute Gasteiger partial charge is 0.481 e. The number of anilines is 1. The molecule has 1 unspecified atom stereocenters. The van der Waals surface area contributed by atoms with E-state index in [2.05, 4.69) is 20.9 Å². The minimum atomic E-state index is -0.946. The van der Waals surface area contributed by atoms with Crippen molar-refractivity contribution in [2.24, 2.45) is 5.92 Å². The number of hydrogen-bond donors (Lipinski definition) is 1. The van der Waals surface area contributed by atoms with Gasteiger partial charge in [-0.2, -0.15) is 0 Å². The third kappa shape index (κ3) is 3.88. The van der Waals surface area contributed by atoms with Gasteiger partial charge < -0.3 is 10.0 Å². The lowest BCUT2D eigenvalue weighted by atomic mass is 10.1. The van der Waals surface area contributed by atoms with E-state index < -0.39 is 16.8 Å². The first-order valence-electron chi connectivity index (χ1n) is 5.64. The van der Waals surface area contributed by atoms with Gasteiger partial charge in [0.05, 0.1) is 10.8 Å². The second kappa shape index (κ2) is 6.46. The molecule has 1 aromatic heterocycles. The Bertz CT molecular complexity index is 495. The number of carbonyl (C=O) groups is 1. The van der Waals surface area contributed by atoms with E-state index in [-0.39, 0.29) is 18.1 Å². The van der Waals surface area contributed by atoms with Gasteiger partial charge in [0.15, 0.2) is 0 Å². The summed E-state index contributed by atoms with van der Waals surface area (Å²) in [6.07, 6.45) is 1.45. The van der Waals surface area contributed by atoms with Crippen LogP contribution in [-0.2, 0) is 4.79 Å². The van der Waals surface area contributed by atoms with Gasteiger partial charge in [-0.1, -0.05) is 6.92 Å². The molecule has 1 aromatic rings. The molecule has 0 aliphatic rings. The second-order valence-electron chi connectivity index (χ2n) is 4.03. The van der Waals surface area contributed by atoms with Crippen LogP contribution in [0.5, 0.6) is 0 Å². The number of aromatic nitrogens is 1. The lowest BCUT2D eigenvalue weighted by Crippen LogP contribution is -2.32. The first-order chi connectivity index (χ1) is 8.86. The monoisotopic (exact) mass is 331 g/mol. The van der Waals surface area contributed by atoms with Gasteiger partial charge in [0, 0.05) is 29.8 Å². The molecule has 0 spiro atoms. The van der Waals surface area contributed by atoms with E-state index in [0.29, 0.717) is 11.0 Å². The molecule has 0 radical (unpaired) electrons. The maximum Gasteiger partial charge on any atom is 0.312 e. The van der Waals surface area contributed by atoms with Crippen LogP contribution >= 0.6 is 15.9 Å². The molecule has 0 amide bonds. The summed E-state index contributed by atoms with van der Waals surface area (Å²) in [5.74, 6) is -1.40. The minimum absolute atomic E-state index is 0.145. The van der Waals surface area contributed by atoms with Crippen molar-refractivity contribution < 1.29 is 14.8 Å². The lowest BCUT2D eigenvalue weighted by molar-refractivity contribution is -0.384. The fraction of sp³-hybridized carbons (Fsp3) is 0.455. The number of aliphatic carboxylic acids is 1. The molecule has 0 saturated heterocycles. The zero-order valence-corrected chi connectivity index (χ0v) is 12.1. The van der Waals surface area contributed by atoms with Crippen LogP contribution in [0.1, 0.15) is 13.8 Å². The molecule has 0 bridgehead atoms. The average molecular weight is 332 g/mol. The SMILES string of the molecule is CCN(CC(C)C(=O)O)c1ncc(Br)cc1[N+](=O)[O-]. The minimum Gasteiger partial charge on any atom is -0.481 e. The normalized spacial score (nSPS) is 11.9. The molecule has 0 aliphatic heterocycles. The van der Waals surface area contributed by atoms with E-state index in [9.17, 15) is 14.9 Å². The van der Waals surface area contributed by atoms with E-state index in [1.165, 1.54) is 12.3 Å². The molecule has 0 aromatic carbocycles. The highest BCUT2D eigenvalue weighted by Gasteiger charge is 2.24. The quantitative estimate of drug-likeness (QED) is 0.634. The molecule has 104 valence electrons. The van der Waals surface area contributed by atoms with Crippen molar-refractivity contribution in [1.29, 1.82) is 0 Å². The lowest BCUT2D eigenvalue weighted by Gasteiger charge is -2.23. The Labute approximate surface area is 118 Å². The number of halogens is 1. The predicted molar refractivity (Wildman–Crippen MR) is 73.3 cm³/mol. The van der Waals surface area contributed by atoms with E-state index >= 15 is 0 Å². The zero-order valence-electron chi connectivity index (χ0n) is 10.5. The number of rotatable bonds is 6. The van der Waals surface area contributed by atoms with Gasteiger partial charge >= 0.3 is 11.7 Å². The summed E-state index contributed by atoms with van der Waals surface area (Å²) in [5.41, 5.74) is -0.145. The third-order valence-corrected chi connectivity index (χ3v) is 3.04. The number of pyridine rings is 1. The Balaban J connectivity index is 3.11. The van der Waals surface area contributed by atoms with E-state index in [1.54, 1.807) is 18.7 Å². The molecule has 1 N–H and O–H groups in total. The molecular formula is C11H14BrN3O4. The van der Waals surface area contributed by atoms with Crippen LogP contribution in [-0.4, -0.2) is 34.1 Å². The number of carboxylic acid groups (broad SMARTS) is 1. The fourth-order valence-corrected chi connectivity index (χ4v) is 1.89. The zero-order chi connectivity index (χ0) is 14.6. The van der Waals surface area contributed by atoms with Gasteiger partial charge in [-0.25, -0.2) is 4.98 Å². The standard InChI is InChI=1S/C11H14BrN3O4/c1-3-14(6-7(2)11(16)17)10-9(15(18)19)4-8(12)5-13-10/h4-5,7H,3,6H2,1-2H3,(H,16,17). The molecule has 19 heavy (non-hydrogen) atoms. The molecule has 0 aliphatic carbocycles. The highest BCUT2D eigenvalue weighted by Crippen LogP contribution is 2.28. The van der Waals surface area contributed by atoms with Crippen LogP contribution < -0.4 is 4.90 Å². The van der Waals surface area contributed by atoms with Crippen LogP contribution in [0.4, 0.5) is 11.5 Å². The Morgan fingerprint density at radius 3 is 2.79 bits per heavy atom. The summed E-state index contributed by atoms with van der Waals surface area (Å²) in [6.45, 7) is 3.95. The van der Waals surface area contributed by atoms with E-state index in [1.807, 2.05) is 0 Å². The van der Waals surface area contributed by atoms with Crippen molar-refractivity contribution in [1.82, 2.24) is 4.98 Å². The molecule has 0 fully saturated rings. The van der Waals surface area contributed by atoms with Crippen molar-refractivity contribution in [3.05, 3.63) is 26.9 Å². The van der Waals surface area contributed by atoms with Crippen LogP contribution in [0, 0.1) is 16.0 Å². The molecule has 1 heterocycles. The average Bonchev–Trinajstić information content (AvgIpc) is 2.35. The van der Waals surface area contributed by atoms with Crippen molar-refractivity contribution >= 4 is 33.4 Å². The Morgan fingerprint density at radius 2 is 2.32 bits per heavy atom. The van der Waals surface area contributed by atoms with Gasteiger partial charge in [0.25, 0.3) is 0 Å². The van der Waals surface area contributed by atoms with Crippen LogP contribution in [0.15, 0.2) is 16.7 Å². The fourth-order valence-electron chi connectivity index (χ4n) is 1.57. The summed E-state index contributed by atoms with van der Waals surface area (Å²) in [6, 6.07) is 1.36. The van der Waals surface area contributed by atoms with Crippen LogP contribution in [0.3, 0.4) is 0 Å². The predicted octanol–water partition coefficient (Wildman–Crippen LogP) is 2.30. The van der Waals surface area contributed by atoms with Crippen molar-refractivity contribution in [3.8, 4) is 0 Å². The first kappa shape index (κ1) is 15.4. The highest BCUT2D eigenvalue weighted by atomic mass is 79.9. The number of nitro groups is 1. The first-order valence-corrected chi connectivity index (χ1v) is 6.43. The third-order valence-electron chi connectivity index (χ3n) is 2.61. The topological polar surface area (TPSA) is 96.6 Å². The Hall–Kier alpha value is -1.70. The van der Waals surface area contributed by atoms with Gasteiger partial charge in [-0.3, -0.25) is 14.9 Å². The molecule has 1 rings (SSSR count). The molecule has 0 saturated carbocycles. The maximum absolute atomic E-state index is 11.0. The van der Waals surface area contributed by atoms with Crippen LogP contribution in [0.25, 0.3) is 0 Å². The second-order valence-corrected chi connectivity index (χ2v) is 4.95. The summed E-state index contributed by atoms with van der Waals surface area (Å²) in [5, 5.41) is 19.9. The van der Waals surface area contributed by atoms with Gasteiger partial charge in [0.1, 0.15) is 0 Å². The van der Waals surface area contributed by atoms with Crippen molar-refractivity contribution in [2.45, 2.75) is 13.8 Å². The number of hydrogen-bond acceptors (Lipinski definition) is 5. The van der Waals surface area contributed by atoms with E-state index in [4.69, 9.17) is 5.11 Å². The highest BCUT2D eigenvalue weighted by molar-refractivity contribution is 9.10. The van der Waals surface area contributed by atoms with Gasteiger partial charge in [-0.05, 0) is 22.9 Å². The molecular weight excluding hydrogens is 318 g/mol. The Kier molecular flexibility index (Phi) is 5.22. The Morgan fingerprint density at radius 1 is 1.68 bits per heavy atom. The summed E-state index contributed by atoms with van der Waals surface area (Å²) >= 11 is 3.13.